The van der Waals surface area contributed by atoms with Crippen molar-refractivity contribution in [2.45, 2.75) is 65.1 Å². The molecule has 0 aliphatic heterocycles. The molecule has 2 atom stereocenters. The van der Waals surface area contributed by atoms with Crippen LogP contribution in [-0.4, -0.2) is 57.1 Å². The lowest BCUT2D eigenvalue weighted by Gasteiger charge is -2.33. The summed E-state index contributed by atoms with van der Waals surface area (Å²) >= 11 is 6.27. The van der Waals surface area contributed by atoms with Gasteiger partial charge in [-0.1, -0.05) is 73.1 Å². The molecule has 0 saturated heterocycles. The molecule has 0 aromatic heterocycles. The van der Waals surface area contributed by atoms with E-state index in [1.54, 1.807) is 17.0 Å². The first-order valence-electron chi connectivity index (χ1n) is 14.4. The largest absolute Gasteiger partial charge is 0.495 e. The van der Waals surface area contributed by atoms with Crippen molar-refractivity contribution in [2.24, 2.45) is 0 Å². The van der Waals surface area contributed by atoms with Crippen LogP contribution in [0.5, 0.6) is 5.75 Å². The van der Waals surface area contributed by atoms with E-state index in [9.17, 15) is 18.0 Å². The Labute approximate surface area is 261 Å². The Morgan fingerprint density at radius 1 is 1.02 bits per heavy atom. The minimum Gasteiger partial charge on any atom is -0.495 e. The van der Waals surface area contributed by atoms with Gasteiger partial charge in [0.1, 0.15) is 11.8 Å². The number of methoxy groups -OCH3 is 1. The van der Waals surface area contributed by atoms with Crippen LogP contribution < -0.4 is 14.4 Å². The zero-order valence-electron chi connectivity index (χ0n) is 25.5. The van der Waals surface area contributed by atoms with Gasteiger partial charge in [-0.3, -0.25) is 13.9 Å². The molecule has 3 aromatic carbocycles. The molecule has 8 nitrogen and oxygen atoms in total. The van der Waals surface area contributed by atoms with Crippen LogP contribution in [0.25, 0.3) is 0 Å². The summed E-state index contributed by atoms with van der Waals surface area (Å²) in [6, 6.07) is 21.4. The molecule has 0 radical (unpaired) electrons. The Bertz CT molecular complexity index is 1480. The van der Waals surface area contributed by atoms with Gasteiger partial charge in [0.2, 0.25) is 21.8 Å². The molecule has 2 amide bonds. The number of carbonyl (C=O) groups excluding carboxylic acids is 2. The fourth-order valence-corrected chi connectivity index (χ4v) is 5.99. The fraction of sp³-hybridized carbons (Fsp3) is 0.394. The van der Waals surface area contributed by atoms with Crippen LogP contribution in [0.4, 0.5) is 5.69 Å². The monoisotopic (exact) mass is 627 g/mol. The van der Waals surface area contributed by atoms with Crippen molar-refractivity contribution in [3.05, 3.63) is 94.5 Å². The van der Waals surface area contributed by atoms with E-state index >= 15 is 0 Å². The number of anilines is 1. The molecule has 0 aliphatic carbocycles. The normalized spacial score (nSPS) is 12.7. The number of carbonyl (C=O) groups is 2. The molecule has 0 aliphatic rings. The minimum absolute atomic E-state index is 0.0453. The Morgan fingerprint density at radius 3 is 2.30 bits per heavy atom. The molecule has 43 heavy (non-hydrogen) atoms. The zero-order chi connectivity index (χ0) is 31.6. The maximum Gasteiger partial charge on any atom is 0.243 e. The van der Waals surface area contributed by atoms with Gasteiger partial charge in [0.15, 0.2) is 0 Å². The van der Waals surface area contributed by atoms with E-state index in [0.717, 1.165) is 29.4 Å². The lowest BCUT2D eigenvalue weighted by molar-refractivity contribution is -0.141. The molecule has 10 heteroatoms. The topological polar surface area (TPSA) is 96.0 Å². The summed E-state index contributed by atoms with van der Waals surface area (Å²) in [5, 5.41) is 3.36. The summed E-state index contributed by atoms with van der Waals surface area (Å²) in [6.07, 6.45) is 2.51. The quantitative estimate of drug-likeness (QED) is 0.231. The van der Waals surface area contributed by atoms with Crippen molar-refractivity contribution < 1.29 is 22.7 Å². The van der Waals surface area contributed by atoms with Crippen molar-refractivity contribution in [3.8, 4) is 5.75 Å². The van der Waals surface area contributed by atoms with E-state index in [1.807, 2.05) is 75.4 Å². The van der Waals surface area contributed by atoms with E-state index in [1.165, 1.54) is 17.5 Å². The first kappa shape index (κ1) is 33.9. The van der Waals surface area contributed by atoms with Gasteiger partial charge < -0.3 is 15.0 Å². The second-order valence-corrected chi connectivity index (χ2v) is 13.0. The molecule has 1 N–H and O–H groups in total. The Kier molecular flexibility index (Phi) is 12.5. The SMILES string of the molecule is CC[C@@H](C)NC(=O)[C@H](Cc1ccccc1)N(Cc1ccccc1C)C(=O)CCCN(c1ccc(OC)c(Cl)c1)S(C)(=O)=O. The molecule has 3 aromatic rings. The summed E-state index contributed by atoms with van der Waals surface area (Å²) in [5.41, 5.74) is 3.28. The second kappa shape index (κ2) is 15.8. The predicted molar refractivity (Wildman–Crippen MR) is 173 cm³/mol. The standard InChI is InChI=1S/C33H42ClN3O5S/c1-6-25(3)35-33(39)30(21-26-14-8-7-9-15-26)36(23-27-16-11-10-13-24(27)2)32(38)17-12-20-37(43(5,40)41)28-18-19-31(42-4)29(34)22-28/h7-11,13-16,18-19,22,25,30H,6,12,17,20-21,23H2,1-5H3,(H,35,39)/t25-,30+/m1/s1. The Morgan fingerprint density at radius 2 is 1.70 bits per heavy atom. The van der Waals surface area contributed by atoms with E-state index in [0.29, 0.717) is 17.9 Å². The minimum atomic E-state index is -3.67. The molecule has 232 valence electrons. The molecule has 0 unspecified atom stereocenters. The van der Waals surface area contributed by atoms with Crippen molar-refractivity contribution in [1.82, 2.24) is 10.2 Å². The van der Waals surface area contributed by atoms with E-state index < -0.39 is 16.1 Å². The zero-order valence-corrected chi connectivity index (χ0v) is 27.1. The lowest BCUT2D eigenvalue weighted by Crippen LogP contribution is -2.52. The Balaban J connectivity index is 1.90. The highest BCUT2D eigenvalue weighted by molar-refractivity contribution is 7.92. The van der Waals surface area contributed by atoms with Gasteiger partial charge in [-0.2, -0.15) is 0 Å². The highest BCUT2D eigenvalue weighted by Crippen LogP contribution is 2.30. The van der Waals surface area contributed by atoms with Gasteiger partial charge in [-0.05, 0) is 61.6 Å². The summed E-state index contributed by atoms with van der Waals surface area (Å²) < 4.78 is 31.9. The van der Waals surface area contributed by atoms with Crippen LogP contribution in [-0.2, 0) is 32.6 Å². The number of nitrogens with zero attached hydrogens (tertiary/aromatic N) is 2. The van der Waals surface area contributed by atoms with Crippen LogP contribution >= 0.6 is 11.6 Å². The number of hydrogen-bond donors (Lipinski definition) is 1. The summed E-state index contributed by atoms with van der Waals surface area (Å²) in [6.45, 7) is 6.23. The van der Waals surface area contributed by atoms with Crippen molar-refractivity contribution in [1.29, 1.82) is 0 Å². The molecule has 0 heterocycles. The van der Waals surface area contributed by atoms with Gasteiger partial charge in [-0.25, -0.2) is 8.42 Å². The highest BCUT2D eigenvalue weighted by Gasteiger charge is 2.31. The van der Waals surface area contributed by atoms with Crippen LogP contribution in [0.15, 0.2) is 72.8 Å². The number of nitrogens with one attached hydrogen (secondary N) is 1. The van der Waals surface area contributed by atoms with Gasteiger partial charge in [0, 0.05) is 32.0 Å². The molecule has 0 saturated carbocycles. The molecular weight excluding hydrogens is 586 g/mol. The van der Waals surface area contributed by atoms with E-state index in [4.69, 9.17) is 16.3 Å². The number of sulfonamides is 1. The second-order valence-electron chi connectivity index (χ2n) is 10.7. The van der Waals surface area contributed by atoms with Crippen LogP contribution in [0.1, 0.15) is 49.8 Å². The van der Waals surface area contributed by atoms with Gasteiger partial charge in [-0.15, -0.1) is 0 Å². The number of hydrogen-bond acceptors (Lipinski definition) is 5. The van der Waals surface area contributed by atoms with Gasteiger partial charge >= 0.3 is 0 Å². The third-order valence-corrected chi connectivity index (χ3v) is 8.94. The maximum absolute atomic E-state index is 14.0. The third kappa shape index (κ3) is 9.73. The number of aryl methyl sites for hydroxylation is 1. The molecule has 0 spiro atoms. The van der Waals surface area contributed by atoms with Crippen LogP contribution in [0, 0.1) is 6.92 Å². The van der Waals surface area contributed by atoms with Gasteiger partial charge in [0.05, 0.1) is 24.1 Å². The van der Waals surface area contributed by atoms with E-state index in [2.05, 4.69) is 5.32 Å². The number of rotatable bonds is 15. The average molecular weight is 628 g/mol. The van der Waals surface area contributed by atoms with Crippen molar-refractivity contribution >= 4 is 39.1 Å². The molecule has 3 rings (SSSR count). The predicted octanol–water partition coefficient (Wildman–Crippen LogP) is 5.76. The van der Waals surface area contributed by atoms with E-state index in [-0.39, 0.29) is 48.8 Å². The summed E-state index contributed by atoms with van der Waals surface area (Å²) in [5.74, 6) is -0.0171. The molecule has 0 fully saturated rings. The number of halogens is 1. The third-order valence-electron chi connectivity index (χ3n) is 7.45. The molecule has 0 bridgehead atoms. The van der Waals surface area contributed by atoms with Gasteiger partial charge in [0.25, 0.3) is 0 Å². The first-order chi connectivity index (χ1) is 20.4. The van der Waals surface area contributed by atoms with Crippen LogP contribution in [0.2, 0.25) is 5.02 Å². The number of amides is 2. The number of benzene rings is 3. The first-order valence-corrected chi connectivity index (χ1v) is 16.7. The molecular formula is C33H42ClN3O5S. The fourth-order valence-electron chi connectivity index (χ4n) is 4.78. The number of ether oxygens (including phenoxy) is 1. The smallest absolute Gasteiger partial charge is 0.243 e. The summed E-state index contributed by atoms with van der Waals surface area (Å²) in [7, 11) is -2.18. The van der Waals surface area contributed by atoms with Crippen LogP contribution in [0.3, 0.4) is 0 Å². The average Bonchev–Trinajstić information content (AvgIpc) is 2.97. The van der Waals surface area contributed by atoms with Crippen molar-refractivity contribution in [2.75, 3.05) is 24.2 Å². The van der Waals surface area contributed by atoms with Crippen molar-refractivity contribution in [3.63, 3.8) is 0 Å². The summed E-state index contributed by atoms with van der Waals surface area (Å²) in [4.78, 5) is 29.3. The maximum atomic E-state index is 14.0. The lowest BCUT2D eigenvalue weighted by atomic mass is 10.0. The Hall–Kier alpha value is -3.56. The highest BCUT2D eigenvalue weighted by atomic mass is 35.5.